The Bertz CT molecular complexity index is 1590. The van der Waals surface area contributed by atoms with E-state index in [9.17, 15) is 0 Å². The summed E-state index contributed by atoms with van der Waals surface area (Å²) in [6.45, 7) is 0. The SMILES string of the molecule is Cl/C1=N/C(c2ccccc2)=N\C(c2ccc3c4ccccc4n(-c4ccccc4)c3c2)=C/CC1. The maximum Gasteiger partial charge on any atom is 0.161 e. The molecule has 0 bridgehead atoms. The molecule has 164 valence electrons. The highest BCUT2D eigenvalue weighted by molar-refractivity contribution is 6.66. The average molecular weight is 460 g/mol. The Labute approximate surface area is 203 Å². The van der Waals surface area contributed by atoms with Crippen LogP contribution in [0.15, 0.2) is 119 Å². The Morgan fingerprint density at radius 2 is 1.35 bits per heavy atom. The normalized spacial score (nSPS) is 18.9. The number of para-hydroxylation sites is 2. The second-order valence-corrected chi connectivity index (χ2v) is 8.77. The molecule has 0 fully saturated rings. The van der Waals surface area contributed by atoms with Gasteiger partial charge in [0.05, 0.1) is 16.7 Å². The summed E-state index contributed by atoms with van der Waals surface area (Å²) in [6.07, 6.45) is 3.66. The molecule has 0 amide bonds. The van der Waals surface area contributed by atoms with Gasteiger partial charge in [-0.15, -0.1) is 0 Å². The number of halogens is 1. The third kappa shape index (κ3) is 3.74. The lowest BCUT2D eigenvalue weighted by Crippen LogP contribution is -2.04. The molecule has 1 aliphatic heterocycles. The van der Waals surface area contributed by atoms with Crippen LogP contribution in [0.3, 0.4) is 0 Å². The number of rotatable bonds is 3. The zero-order valence-electron chi connectivity index (χ0n) is 18.5. The van der Waals surface area contributed by atoms with Gasteiger partial charge in [0.1, 0.15) is 5.17 Å². The van der Waals surface area contributed by atoms with Crippen molar-refractivity contribution >= 4 is 50.1 Å². The molecule has 0 saturated heterocycles. The minimum absolute atomic E-state index is 0.581. The van der Waals surface area contributed by atoms with Gasteiger partial charge in [0.2, 0.25) is 0 Å². The van der Waals surface area contributed by atoms with Crippen molar-refractivity contribution in [1.29, 1.82) is 0 Å². The number of allylic oxidation sites excluding steroid dienone is 1. The summed E-state index contributed by atoms with van der Waals surface area (Å²) in [5.41, 5.74) is 6.42. The number of aromatic nitrogens is 1. The van der Waals surface area contributed by atoms with Gasteiger partial charge in [0, 0.05) is 34.0 Å². The van der Waals surface area contributed by atoms with E-state index in [1.165, 1.54) is 16.3 Å². The van der Waals surface area contributed by atoms with E-state index in [4.69, 9.17) is 16.6 Å². The summed E-state index contributed by atoms with van der Waals surface area (Å²) in [7, 11) is 0. The molecule has 0 spiro atoms. The number of aliphatic imine (C=N–C) groups is 2. The van der Waals surface area contributed by atoms with Gasteiger partial charge in [0.15, 0.2) is 5.84 Å². The van der Waals surface area contributed by atoms with Crippen molar-refractivity contribution in [3.63, 3.8) is 0 Å². The Balaban J connectivity index is 1.57. The molecule has 6 rings (SSSR count). The molecule has 0 aliphatic carbocycles. The minimum atomic E-state index is 0.581. The van der Waals surface area contributed by atoms with E-state index in [0.29, 0.717) is 17.4 Å². The van der Waals surface area contributed by atoms with Gasteiger partial charge in [0.25, 0.3) is 0 Å². The molecule has 0 atom stereocenters. The lowest BCUT2D eigenvalue weighted by atomic mass is 10.1. The van der Waals surface area contributed by atoms with E-state index in [-0.39, 0.29) is 0 Å². The Morgan fingerprint density at radius 3 is 2.18 bits per heavy atom. The van der Waals surface area contributed by atoms with E-state index in [2.05, 4.69) is 82.4 Å². The molecule has 4 aromatic carbocycles. The monoisotopic (exact) mass is 459 g/mol. The molecule has 3 nitrogen and oxygen atoms in total. The van der Waals surface area contributed by atoms with Crippen LogP contribution < -0.4 is 0 Å². The fraction of sp³-hybridized carbons (Fsp3) is 0.0667. The van der Waals surface area contributed by atoms with Crippen LogP contribution in [-0.4, -0.2) is 15.6 Å². The van der Waals surface area contributed by atoms with Crippen LogP contribution in [0, 0.1) is 0 Å². The molecule has 0 radical (unpaired) electrons. The summed E-state index contributed by atoms with van der Waals surface area (Å²) in [5.74, 6) is 0.639. The lowest BCUT2D eigenvalue weighted by Gasteiger charge is -2.11. The van der Waals surface area contributed by atoms with Crippen LogP contribution in [0.1, 0.15) is 24.0 Å². The summed E-state index contributed by atoms with van der Waals surface area (Å²) < 4.78 is 2.33. The number of amidine groups is 1. The predicted molar refractivity (Wildman–Crippen MR) is 144 cm³/mol. The zero-order chi connectivity index (χ0) is 22.9. The molecule has 0 saturated carbocycles. The van der Waals surface area contributed by atoms with Gasteiger partial charge in [-0.2, -0.15) is 0 Å². The second-order valence-electron chi connectivity index (χ2n) is 8.34. The van der Waals surface area contributed by atoms with Crippen LogP contribution in [0.2, 0.25) is 0 Å². The third-order valence-corrected chi connectivity index (χ3v) is 6.43. The first-order chi connectivity index (χ1) is 16.8. The van der Waals surface area contributed by atoms with Gasteiger partial charge >= 0.3 is 0 Å². The van der Waals surface area contributed by atoms with E-state index in [1.807, 2.05) is 36.4 Å². The average Bonchev–Trinajstić information content (AvgIpc) is 3.21. The Morgan fingerprint density at radius 1 is 0.647 bits per heavy atom. The van der Waals surface area contributed by atoms with E-state index in [0.717, 1.165) is 34.4 Å². The molecule has 34 heavy (non-hydrogen) atoms. The van der Waals surface area contributed by atoms with E-state index >= 15 is 0 Å². The quantitative estimate of drug-likeness (QED) is 0.261. The van der Waals surface area contributed by atoms with Crippen molar-refractivity contribution in [2.75, 3.05) is 0 Å². The number of hydrogen-bond acceptors (Lipinski definition) is 2. The third-order valence-electron chi connectivity index (χ3n) is 6.16. The van der Waals surface area contributed by atoms with E-state index < -0.39 is 0 Å². The summed E-state index contributed by atoms with van der Waals surface area (Å²) in [6, 6.07) is 35.7. The Kier molecular flexibility index (Phi) is 5.32. The first-order valence-electron chi connectivity index (χ1n) is 11.4. The fourth-order valence-corrected chi connectivity index (χ4v) is 4.76. The van der Waals surface area contributed by atoms with Crippen molar-refractivity contribution < 1.29 is 0 Å². The number of nitrogens with zero attached hydrogens (tertiary/aromatic N) is 3. The number of fused-ring (bicyclic) bond motifs is 3. The number of benzene rings is 4. The van der Waals surface area contributed by atoms with Crippen molar-refractivity contribution in [2.45, 2.75) is 12.8 Å². The standard InChI is InChI=1S/C30H22ClN3/c31-29-17-9-15-26(32-30(33-29)21-10-3-1-4-11-21)22-18-19-25-24-14-7-8-16-27(24)34(28(25)20-22)23-12-5-2-6-13-23/h1-8,10-16,18-20H,9,17H2/b26-15-,32-30-,33-29+. The largest absolute Gasteiger partial charge is 0.309 e. The summed E-state index contributed by atoms with van der Waals surface area (Å²) in [4.78, 5) is 9.62. The Hall–Kier alpha value is -3.95. The van der Waals surface area contributed by atoms with Crippen LogP contribution >= 0.6 is 11.6 Å². The minimum Gasteiger partial charge on any atom is -0.309 e. The van der Waals surface area contributed by atoms with Gasteiger partial charge in [-0.05, 0) is 30.7 Å². The number of hydrogen-bond donors (Lipinski definition) is 0. The van der Waals surface area contributed by atoms with Crippen molar-refractivity contribution in [3.05, 3.63) is 120 Å². The van der Waals surface area contributed by atoms with Gasteiger partial charge < -0.3 is 4.57 Å². The predicted octanol–water partition coefficient (Wildman–Crippen LogP) is 8.00. The molecular formula is C30H22ClN3. The smallest absolute Gasteiger partial charge is 0.161 e. The molecule has 5 aromatic rings. The topological polar surface area (TPSA) is 29.6 Å². The first kappa shape index (κ1) is 20.6. The maximum atomic E-state index is 6.38. The van der Waals surface area contributed by atoms with Crippen molar-refractivity contribution in [2.24, 2.45) is 9.98 Å². The highest BCUT2D eigenvalue weighted by Gasteiger charge is 2.15. The van der Waals surface area contributed by atoms with Crippen LogP contribution in [0.5, 0.6) is 0 Å². The van der Waals surface area contributed by atoms with Gasteiger partial charge in [-0.3, -0.25) is 0 Å². The van der Waals surface area contributed by atoms with Crippen molar-refractivity contribution in [3.8, 4) is 5.69 Å². The van der Waals surface area contributed by atoms with E-state index in [1.54, 1.807) is 0 Å². The summed E-state index contributed by atoms with van der Waals surface area (Å²) >= 11 is 6.38. The summed E-state index contributed by atoms with van der Waals surface area (Å²) in [5, 5.41) is 3.05. The lowest BCUT2D eigenvalue weighted by molar-refractivity contribution is 1.10. The highest BCUT2D eigenvalue weighted by Crippen LogP contribution is 2.34. The van der Waals surface area contributed by atoms with Crippen molar-refractivity contribution in [1.82, 2.24) is 4.57 Å². The maximum absolute atomic E-state index is 6.38. The first-order valence-corrected chi connectivity index (χ1v) is 11.8. The molecule has 1 aliphatic rings. The molecule has 1 aromatic heterocycles. The molecular weight excluding hydrogens is 438 g/mol. The highest BCUT2D eigenvalue weighted by atomic mass is 35.5. The van der Waals surface area contributed by atoms with Crippen LogP contribution in [0.25, 0.3) is 33.2 Å². The van der Waals surface area contributed by atoms with Crippen LogP contribution in [0.4, 0.5) is 0 Å². The zero-order valence-corrected chi connectivity index (χ0v) is 19.3. The van der Waals surface area contributed by atoms with Crippen LogP contribution in [-0.2, 0) is 0 Å². The van der Waals surface area contributed by atoms with Gasteiger partial charge in [-0.1, -0.05) is 96.5 Å². The molecule has 0 unspecified atom stereocenters. The second kappa shape index (κ2) is 8.77. The molecule has 4 heteroatoms. The fourth-order valence-electron chi connectivity index (χ4n) is 4.57. The molecule has 2 heterocycles. The molecule has 0 N–H and O–H groups in total. The van der Waals surface area contributed by atoms with Gasteiger partial charge in [-0.25, -0.2) is 9.98 Å².